The Bertz CT molecular complexity index is 381. The summed E-state index contributed by atoms with van der Waals surface area (Å²) >= 11 is 0. The highest BCUT2D eigenvalue weighted by Gasteiger charge is 2.48. The number of esters is 1. The number of ether oxygens (including phenoxy) is 3. The van der Waals surface area contributed by atoms with E-state index in [-0.39, 0.29) is 11.9 Å². The smallest absolute Gasteiger partial charge is 0.308 e. The van der Waals surface area contributed by atoms with Crippen LogP contribution in [0.1, 0.15) is 64.7 Å². The molecular weight excluding hydrogens is 292 g/mol. The van der Waals surface area contributed by atoms with Gasteiger partial charge in [-0.25, -0.2) is 0 Å². The van der Waals surface area contributed by atoms with E-state index >= 15 is 0 Å². The number of carbonyl (C=O) groups is 1. The van der Waals surface area contributed by atoms with Crippen molar-refractivity contribution in [3.63, 3.8) is 0 Å². The first-order chi connectivity index (χ1) is 11.2. The average Bonchev–Trinajstić information content (AvgIpc) is 2.55. The summed E-state index contributed by atoms with van der Waals surface area (Å²) in [4.78, 5) is 12.1. The van der Waals surface area contributed by atoms with Crippen molar-refractivity contribution >= 4 is 5.97 Å². The summed E-state index contributed by atoms with van der Waals surface area (Å²) in [5.41, 5.74) is 0. The Hall–Kier alpha value is -0.610. The Labute approximate surface area is 140 Å². The van der Waals surface area contributed by atoms with Gasteiger partial charge in [-0.05, 0) is 51.4 Å². The van der Waals surface area contributed by atoms with Crippen LogP contribution in [0.2, 0.25) is 0 Å². The lowest BCUT2D eigenvalue weighted by molar-refractivity contribution is -0.244. The Kier molecular flexibility index (Phi) is 5.97. The molecule has 4 nitrogen and oxygen atoms in total. The van der Waals surface area contributed by atoms with Gasteiger partial charge < -0.3 is 14.2 Å². The van der Waals surface area contributed by atoms with Gasteiger partial charge in [0.15, 0.2) is 0 Å². The molecule has 3 aliphatic carbocycles. The zero-order valence-electron chi connectivity index (χ0n) is 14.3. The third kappa shape index (κ3) is 4.08. The largest absolute Gasteiger partial charge is 0.466 e. The molecule has 3 atom stereocenters. The maximum Gasteiger partial charge on any atom is 0.308 e. The lowest BCUT2D eigenvalue weighted by atomic mass is 9.67. The van der Waals surface area contributed by atoms with Crippen LogP contribution in [-0.4, -0.2) is 24.8 Å². The fourth-order valence-corrected chi connectivity index (χ4v) is 4.46. The first kappa shape index (κ1) is 17.2. The maximum absolute atomic E-state index is 12.1. The van der Waals surface area contributed by atoms with Gasteiger partial charge in [0.2, 0.25) is 6.29 Å². The van der Waals surface area contributed by atoms with Gasteiger partial charge in [0.05, 0.1) is 24.7 Å². The zero-order chi connectivity index (χ0) is 16.2. The summed E-state index contributed by atoms with van der Waals surface area (Å²) in [5, 5.41) is 0. The minimum Gasteiger partial charge on any atom is -0.466 e. The van der Waals surface area contributed by atoms with E-state index in [1.54, 1.807) is 0 Å². The van der Waals surface area contributed by atoms with E-state index in [4.69, 9.17) is 14.2 Å². The van der Waals surface area contributed by atoms with Crippen molar-refractivity contribution in [2.45, 2.75) is 76.9 Å². The van der Waals surface area contributed by atoms with Gasteiger partial charge in [0.1, 0.15) is 0 Å². The summed E-state index contributed by atoms with van der Waals surface area (Å²) in [5.74, 6) is 1.24. The lowest BCUT2D eigenvalue weighted by Gasteiger charge is -2.51. The number of fused-ring (bicyclic) bond motifs is 1. The fourth-order valence-electron chi connectivity index (χ4n) is 4.46. The first-order valence-electron chi connectivity index (χ1n) is 9.36. The fraction of sp³-hybridized carbons (Fsp3) is 0.842. The van der Waals surface area contributed by atoms with Crippen molar-refractivity contribution in [3.05, 3.63) is 13.2 Å². The lowest BCUT2D eigenvalue weighted by Crippen LogP contribution is -2.52. The minimum atomic E-state index is -0.0865. The molecular formula is C19H30O4. The third-order valence-electron chi connectivity index (χ3n) is 5.68. The molecule has 23 heavy (non-hydrogen) atoms. The SMILES string of the molecule is [CH2]CCCC(CC[C]1OC2CC3CCC2C(C3)O1)C(=O)OCC. The number of carbonyl (C=O) groups excluding carboxylic acids is 1. The van der Waals surface area contributed by atoms with E-state index in [2.05, 4.69) is 6.92 Å². The standard InChI is InChI=1S/C19H30O4/c1-3-5-6-14(19(20)21-4-2)8-10-18-22-16-11-13-7-9-15(16)17(12-13)23-18/h13-17H,1,3-12H2,2H3. The molecule has 4 rings (SSSR count). The summed E-state index contributed by atoms with van der Waals surface area (Å²) < 4.78 is 17.4. The number of hydrogen-bond acceptors (Lipinski definition) is 4. The maximum atomic E-state index is 12.1. The van der Waals surface area contributed by atoms with Crippen molar-refractivity contribution in [1.29, 1.82) is 0 Å². The van der Waals surface area contributed by atoms with Crippen LogP contribution in [0.15, 0.2) is 0 Å². The molecule has 0 aromatic rings. The number of rotatable bonds is 8. The predicted molar refractivity (Wildman–Crippen MR) is 87.0 cm³/mol. The third-order valence-corrected chi connectivity index (χ3v) is 5.68. The van der Waals surface area contributed by atoms with Crippen molar-refractivity contribution in [1.82, 2.24) is 0 Å². The molecule has 0 amide bonds. The van der Waals surface area contributed by atoms with Crippen LogP contribution >= 0.6 is 0 Å². The number of hydrogen-bond donors (Lipinski definition) is 0. The van der Waals surface area contributed by atoms with E-state index in [1.807, 2.05) is 6.92 Å². The van der Waals surface area contributed by atoms with E-state index < -0.39 is 0 Å². The molecule has 4 aliphatic rings. The quantitative estimate of drug-likeness (QED) is 0.633. The van der Waals surface area contributed by atoms with E-state index in [0.717, 1.165) is 37.9 Å². The Morgan fingerprint density at radius 2 is 2.00 bits per heavy atom. The molecule has 0 aromatic carbocycles. The van der Waals surface area contributed by atoms with Gasteiger partial charge in [-0.3, -0.25) is 4.79 Å². The van der Waals surface area contributed by atoms with Gasteiger partial charge in [0, 0.05) is 12.3 Å². The van der Waals surface area contributed by atoms with Crippen LogP contribution in [0.3, 0.4) is 0 Å². The van der Waals surface area contributed by atoms with Crippen LogP contribution in [-0.2, 0) is 19.0 Å². The molecule has 2 radical (unpaired) electrons. The van der Waals surface area contributed by atoms with Crippen LogP contribution in [0, 0.1) is 31.0 Å². The number of unbranched alkanes of at least 4 members (excludes halogenated alkanes) is 1. The average molecular weight is 322 g/mol. The van der Waals surface area contributed by atoms with Gasteiger partial charge in [-0.15, -0.1) is 0 Å². The van der Waals surface area contributed by atoms with Crippen molar-refractivity contribution in [2.24, 2.45) is 17.8 Å². The van der Waals surface area contributed by atoms with E-state index in [9.17, 15) is 4.79 Å². The second-order valence-corrected chi connectivity index (χ2v) is 7.25. The highest BCUT2D eigenvalue weighted by molar-refractivity contribution is 5.72. The highest BCUT2D eigenvalue weighted by atomic mass is 16.7. The van der Waals surface area contributed by atoms with Crippen LogP contribution < -0.4 is 0 Å². The molecule has 4 fully saturated rings. The zero-order valence-corrected chi connectivity index (χ0v) is 14.3. The first-order valence-corrected chi connectivity index (χ1v) is 9.36. The minimum absolute atomic E-state index is 0.0605. The molecule has 4 heteroatoms. The Balaban J connectivity index is 1.49. The normalized spacial score (nSPS) is 34.3. The van der Waals surface area contributed by atoms with Gasteiger partial charge in [0.25, 0.3) is 0 Å². The molecule has 130 valence electrons. The topological polar surface area (TPSA) is 44.8 Å². The van der Waals surface area contributed by atoms with Crippen molar-refractivity contribution < 1.29 is 19.0 Å². The molecule has 0 aromatic heterocycles. The van der Waals surface area contributed by atoms with E-state index in [0.29, 0.717) is 31.2 Å². The molecule has 4 bridgehead atoms. The molecule has 1 aliphatic heterocycles. The molecule has 3 saturated carbocycles. The molecule has 1 saturated heterocycles. The van der Waals surface area contributed by atoms with Gasteiger partial charge in [-0.2, -0.15) is 0 Å². The van der Waals surface area contributed by atoms with Crippen molar-refractivity contribution in [3.8, 4) is 0 Å². The van der Waals surface area contributed by atoms with Gasteiger partial charge >= 0.3 is 5.97 Å². The van der Waals surface area contributed by atoms with Crippen LogP contribution in [0.25, 0.3) is 0 Å². The summed E-state index contributed by atoms with van der Waals surface area (Å²) in [6.45, 7) is 6.16. The van der Waals surface area contributed by atoms with Crippen LogP contribution in [0.5, 0.6) is 0 Å². The second-order valence-electron chi connectivity index (χ2n) is 7.25. The summed E-state index contributed by atoms with van der Waals surface area (Å²) in [7, 11) is 0. The molecule has 1 heterocycles. The van der Waals surface area contributed by atoms with Crippen molar-refractivity contribution in [2.75, 3.05) is 6.61 Å². The summed E-state index contributed by atoms with van der Waals surface area (Å²) in [6.07, 6.45) is 10.6. The second kappa shape index (κ2) is 7.98. The molecule has 3 unspecified atom stereocenters. The predicted octanol–water partition coefficient (Wildman–Crippen LogP) is 4.04. The highest BCUT2D eigenvalue weighted by Crippen LogP contribution is 2.49. The van der Waals surface area contributed by atoms with Gasteiger partial charge in [-0.1, -0.05) is 19.8 Å². The summed E-state index contributed by atoms with van der Waals surface area (Å²) in [6, 6.07) is 0. The molecule has 0 N–H and O–H groups in total. The van der Waals surface area contributed by atoms with E-state index in [1.165, 1.54) is 25.7 Å². The van der Waals surface area contributed by atoms with Crippen LogP contribution in [0.4, 0.5) is 0 Å². The Morgan fingerprint density at radius 3 is 2.61 bits per heavy atom. The monoisotopic (exact) mass is 322 g/mol. The Morgan fingerprint density at radius 1 is 1.26 bits per heavy atom. The molecule has 0 spiro atoms.